The number of rotatable bonds is 2. The Bertz CT molecular complexity index is 483. The van der Waals surface area contributed by atoms with Gasteiger partial charge in [-0.1, -0.05) is 12.1 Å². The summed E-state index contributed by atoms with van der Waals surface area (Å²) < 4.78 is 11.1. The number of amides is 1. The number of hydrogen-bond donors (Lipinski definition) is 2. The van der Waals surface area contributed by atoms with Gasteiger partial charge in [-0.15, -0.1) is 0 Å². The smallest absolute Gasteiger partial charge is 0.263 e. The summed E-state index contributed by atoms with van der Waals surface area (Å²) in [7, 11) is 0. The van der Waals surface area contributed by atoms with E-state index in [1.807, 2.05) is 31.2 Å². The van der Waals surface area contributed by atoms with Crippen LogP contribution < -0.4 is 15.4 Å². The van der Waals surface area contributed by atoms with Gasteiger partial charge in [0.15, 0.2) is 6.10 Å². The highest BCUT2D eigenvalue weighted by atomic mass is 16.5. The topological polar surface area (TPSA) is 59.6 Å². The van der Waals surface area contributed by atoms with Crippen molar-refractivity contribution in [3.8, 4) is 5.75 Å². The van der Waals surface area contributed by atoms with Crippen molar-refractivity contribution >= 4 is 11.6 Å². The lowest BCUT2D eigenvalue weighted by Gasteiger charge is -2.30. The molecule has 0 aromatic heterocycles. The lowest BCUT2D eigenvalue weighted by atomic mass is 10.0. The first-order chi connectivity index (χ1) is 9.16. The molecule has 0 bridgehead atoms. The van der Waals surface area contributed by atoms with Crippen molar-refractivity contribution in [2.75, 3.05) is 25.1 Å². The molecule has 2 unspecified atom stereocenters. The molecule has 5 nitrogen and oxygen atoms in total. The molecule has 0 aliphatic carbocycles. The predicted octanol–water partition coefficient (Wildman–Crippen LogP) is 1.15. The number of carbonyl (C=O) groups excluding carboxylic acids is 1. The average Bonchev–Trinajstić information content (AvgIpc) is 2.84. The fraction of sp³-hybridized carbons (Fsp3) is 0.500. The summed E-state index contributed by atoms with van der Waals surface area (Å²) in [6.07, 6.45) is 0.350. The van der Waals surface area contributed by atoms with Gasteiger partial charge in [-0.25, -0.2) is 0 Å². The van der Waals surface area contributed by atoms with Crippen LogP contribution in [0.2, 0.25) is 0 Å². The van der Waals surface area contributed by atoms with Crippen molar-refractivity contribution in [2.24, 2.45) is 0 Å². The van der Waals surface area contributed by atoms with Crippen LogP contribution in [0.4, 0.5) is 5.69 Å². The van der Waals surface area contributed by atoms with Gasteiger partial charge in [0.2, 0.25) is 0 Å². The van der Waals surface area contributed by atoms with Crippen LogP contribution in [0.3, 0.4) is 0 Å². The zero-order valence-electron chi connectivity index (χ0n) is 10.9. The molecule has 1 aromatic rings. The molecule has 102 valence electrons. The van der Waals surface area contributed by atoms with E-state index in [0.29, 0.717) is 19.8 Å². The summed E-state index contributed by atoms with van der Waals surface area (Å²) in [5.41, 5.74) is 0.666. The highest BCUT2D eigenvalue weighted by Gasteiger charge is 2.35. The van der Waals surface area contributed by atoms with Crippen LogP contribution in [0.1, 0.15) is 13.3 Å². The second-order valence-electron chi connectivity index (χ2n) is 5.34. The Labute approximate surface area is 112 Å². The fourth-order valence-electron chi connectivity index (χ4n) is 2.40. The van der Waals surface area contributed by atoms with Crippen molar-refractivity contribution in [2.45, 2.75) is 25.0 Å². The minimum Gasteiger partial charge on any atom is -0.477 e. The summed E-state index contributed by atoms with van der Waals surface area (Å²) >= 11 is 0. The highest BCUT2D eigenvalue weighted by molar-refractivity contribution is 5.83. The zero-order valence-corrected chi connectivity index (χ0v) is 10.9. The third kappa shape index (κ3) is 2.51. The number of fused-ring (bicyclic) bond motifs is 1. The first-order valence-electron chi connectivity index (χ1n) is 6.56. The van der Waals surface area contributed by atoms with E-state index in [1.165, 1.54) is 0 Å². The van der Waals surface area contributed by atoms with Crippen molar-refractivity contribution in [1.82, 2.24) is 5.32 Å². The Morgan fingerprint density at radius 2 is 2.32 bits per heavy atom. The van der Waals surface area contributed by atoms with Gasteiger partial charge < -0.3 is 20.1 Å². The second-order valence-corrected chi connectivity index (χ2v) is 5.34. The second kappa shape index (κ2) is 4.74. The summed E-state index contributed by atoms with van der Waals surface area (Å²) in [5, 5.41) is 6.24. The number of anilines is 1. The Hall–Kier alpha value is -1.75. The van der Waals surface area contributed by atoms with Crippen LogP contribution in [0.25, 0.3) is 0 Å². The Morgan fingerprint density at radius 1 is 1.47 bits per heavy atom. The fourth-order valence-corrected chi connectivity index (χ4v) is 2.40. The van der Waals surface area contributed by atoms with Gasteiger partial charge in [0.25, 0.3) is 5.91 Å². The summed E-state index contributed by atoms with van der Waals surface area (Å²) in [6, 6.07) is 7.64. The van der Waals surface area contributed by atoms with E-state index in [2.05, 4.69) is 10.6 Å². The minimum atomic E-state index is -0.493. The van der Waals surface area contributed by atoms with E-state index in [9.17, 15) is 4.79 Å². The number of nitrogens with one attached hydrogen (secondary N) is 2. The molecule has 1 aromatic carbocycles. The molecule has 1 fully saturated rings. The number of ether oxygens (including phenoxy) is 2. The normalized spacial score (nSPS) is 29.0. The Balaban J connectivity index is 1.66. The lowest BCUT2D eigenvalue weighted by Crippen LogP contribution is -2.53. The third-order valence-electron chi connectivity index (χ3n) is 3.57. The molecule has 3 rings (SSSR count). The van der Waals surface area contributed by atoms with Crippen LogP contribution in [-0.2, 0) is 9.53 Å². The molecule has 1 amide bonds. The number of carbonyl (C=O) groups is 1. The van der Waals surface area contributed by atoms with E-state index in [1.54, 1.807) is 0 Å². The third-order valence-corrected chi connectivity index (χ3v) is 3.57. The number of hydrogen-bond acceptors (Lipinski definition) is 4. The monoisotopic (exact) mass is 262 g/mol. The highest BCUT2D eigenvalue weighted by Crippen LogP contribution is 2.28. The molecule has 0 radical (unpaired) electrons. The van der Waals surface area contributed by atoms with E-state index >= 15 is 0 Å². The van der Waals surface area contributed by atoms with Gasteiger partial charge in [0.1, 0.15) is 5.75 Å². The summed E-state index contributed by atoms with van der Waals surface area (Å²) in [5.74, 6) is 0.636. The standard InChI is InChI=1S/C14H18N2O3/c1-14(6-7-18-9-14)16-13(17)12-8-15-10-4-2-3-5-11(10)19-12/h2-5,12,15H,6-9H2,1H3,(H,16,17). The van der Waals surface area contributed by atoms with Gasteiger partial charge in [0, 0.05) is 6.61 Å². The van der Waals surface area contributed by atoms with Crippen LogP contribution in [0.5, 0.6) is 5.75 Å². The molecule has 0 saturated carbocycles. The van der Waals surface area contributed by atoms with Gasteiger partial charge in [-0.3, -0.25) is 4.79 Å². The minimum absolute atomic E-state index is 0.0880. The summed E-state index contributed by atoms with van der Waals surface area (Å²) in [4.78, 5) is 12.2. The van der Waals surface area contributed by atoms with Crippen molar-refractivity contribution < 1.29 is 14.3 Å². The van der Waals surface area contributed by atoms with Crippen molar-refractivity contribution in [3.63, 3.8) is 0 Å². The van der Waals surface area contributed by atoms with Crippen LogP contribution >= 0.6 is 0 Å². The molecule has 2 heterocycles. The van der Waals surface area contributed by atoms with E-state index in [0.717, 1.165) is 17.9 Å². The summed E-state index contributed by atoms with van der Waals surface area (Å²) in [6.45, 7) is 3.75. The quantitative estimate of drug-likeness (QED) is 0.839. The SMILES string of the molecule is CC1(NC(=O)C2CNc3ccccc3O2)CCOC1. The van der Waals surface area contributed by atoms with Crippen molar-refractivity contribution in [3.05, 3.63) is 24.3 Å². The van der Waals surface area contributed by atoms with Gasteiger partial charge in [0.05, 0.1) is 24.4 Å². The predicted molar refractivity (Wildman–Crippen MR) is 71.3 cm³/mol. The molecule has 2 N–H and O–H groups in total. The maximum Gasteiger partial charge on any atom is 0.263 e. The molecular formula is C14H18N2O3. The maximum atomic E-state index is 12.2. The van der Waals surface area contributed by atoms with E-state index < -0.39 is 6.10 Å². The lowest BCUT2D eigenvalue weighted by molar-refractivity contribution is -0.129. The molecule has 5 heteroatoms. The average molecular weight is 262 g/mol. The molecule has 2 aliphatic rings. The zero-order chi connectivity index (χ0) is 13.3. The first kappa shape index (κ1) is 12.3. The molecular weight excluding hydrogens is 244 g/mol. The molecule has 1 saturated heterocycles. The van der Waals surface area contributed by atoms with Crippen molar-refractivity contribution in [1.29, 1.82) is 0 Å². The molecule has 19 heavy (non-hydrogen) atoms. The van der Waals surface area contributed by atoms with Crippen LogP contribution in [0.15, 0.2) is 24.3 Å². The molecule has 2 atom stereocenters. The first-order valence-corrected chi connectivity index (χ1v) is 6.56. The number of benzene rings is 1. The van der Waals surface area contributed by atoms with Crippen LogP contribution in [0, 0.1) is 0 Å². The maximum absolute atomic E-state index is 12.2. The van der Waals surface area contributed by atoms with E-state index in [-0.39, 0.29) is 11.4 Å². The Kier molecular flexibility index (Phi) is 3.06. The largest absolute Gasteiger partial charge is 0.477 e. The number of para-hydroxylation sites is 2. The van der Waals surface area contributed by atoms with Gasteiger partial charge in [-0.2, -0.15) is 0 Å². The van der Waals surface area contributed by atoms with Crippen LogP contribution in [-0.4, -0.2) is 37.3 Å². The molecule has 0 spiro atoms. The molecule has 2 aliphatic heterocycles. The van der Waals surface area contributed by atoms with Gasteiger partial charge in [-0.05, 0) is 25.5 Å². The Morgan fingerprint density at radius 3 is 3.11 bits per heavy atom. The van der Waals surface area contributed by atoms with E-state index in [4.69, 9.17) is 9.47 Å². The van der Waals surface area contributed by atoms with Gasteiger partial charge >= 0.3 is 0 Å².